The summed E-state index contributed by atoms with van der Waals surface area (Å²) in [6.07, 6.45) is 5.51. The number of hydrogen-bond donors (Lipinski definition) is 1. The minimum Gasteiger partial charge on any atom is -0.372 e. The lowest BCUT2D eigenvalue weighted by Gasteiger charge is -2.28. The molecule has 1 amide bonds. The van der Waals surface area contributed by atoms with E-state index in [-0.39, 0.29) is 5.91 Å². The Balaban J connectivity index is 1.18. The van der Waals surface area contributed by atoms with Gasteiger partial charge in [0.2, 0.25) is 0 Å². The fourth-order valence-corrected chi connectivity index (χ4v) is 5.30. The van der Waals surface area contributed by atoms with Crippen LogP contribution in [-0.4, -0.2) is 29.8 Å². The fraction of sp³-hybridized carbons (Fsp3) is 0.143. The number of rotatable bonds is 7. The summed E-state index contributed by atoms with van der Waals surface area (Å²) in [5.41, 5.74) is 10.8. The highest BCUT2D eigenvalue weighted by molar-refractivity contribution is 5.95. The Hall–Kier alpha value is -4.90. The van der Waals surface area contributed by atoms with Crippen molar-refractivity contribution < 1.29 is 4.79 Å². The van der Waals surface area contributed by atoms with Crippen molar-refractivity contribution in [2.75, 3.05) is 18.0 Å². The van der Waals surface area contributed by atoms with Gasteiger partial charge < -0.3 is 9.47 Å². The second kappa shape index (κ2) is 11.9. The van der Waals surface area contributed by atoms with E-state index >= 15 is 0 Å². The first-order chi connectivity index (χ1) is 19.8. The Kier molecular flexibility index (Phi) is 7.53. The molecule has 0 unspecified atom stereocenters. The van der Waals surface area contributed by atoms with E-state index in [0.29, 0.717) is 5.56 Å². The van der Waals surface area contributed by atoms with Crippen LogP contribution in [0.15, 0.2) is 126 Å². The topological polar surface area (TPSA) is 49.6 Å². The van der Waals surface area contributed by atoms with E-state index in [2.05, 4.69) is 68.5 Å². The van der Waals surface area contributed by atoms with Crippen LogP contribution >= 0.6 is 0 Å². The fourth-order valence-electron chi connectivity index (χ4n) is 5.30. The molecule has 5 heteroatoms. The molecule has 5 aromatic rings. The first-order valence-electron chi connectivity index (χ1n) is 13.9. The molecule has 1 aliphatic heterocycles. The third kappa shape index (κ3) is 5.59. The molecule has 6 rings (SSSR count). The molecule has 4 aromatic carbocycles. The zero-order chi connectivity index (χ0) is 27.1. The van der Waals surface area contributed by atoms with Gasteiger partial charge in [0.15, 0.2) is 0 Å². The summed E-state index contributed by atoms with van der Waals surface area (Å²) < 4.78 is 2.23. The van der Waals surface area contributed by atoms with E-state index in [4.69, 9.17) is 0 Å². The highest BCUT2D eigenvalue weighted by Gasteiger charge is 2.14. The molecule has 0 bridgehead atoms. The number of nitrogens with one attached hydrogen (secondary N) is 1. The minimum atomic E-state index is -0.244. The molecule has 5 nitrogen and oxygen atoms in total. The Morgan fingerprint density at radius 2 is 1.18 bits per heavy atom. The number of amides is 1. The first-order valence-corrected chi connectivity index (χ1v) is 13.9. The number of nitrogens with zero attached hydrogens (tertiary/aromatic N) is 3. The number of benzene rings is 4. The highest BCUT2D eigenvalue weighted by atomic mass is 16.2. The lowest BCUT2D eigenvalue weighted by molar-refractivity contribution is 0.0955. The zero-order valence-electron chi connectivity index (χ0n) is 22.4. The summed E-state index contributed by atoms with van der Waals surface area (Å²) in [5, 5.41) is 4.20. The van der Waals surface area contributed by atoms with Crippen LogP contribution in [0.3, 0.4) is 0 Å². The van der Waals surface area contributed by atoms with E-state index in [1.165, 1.54) is 24.9 Å². The van der Waals surface area contributed by atoms with Crippen molar-refractivity contribution in [3.05, 3.63) is 132 Å². The predicted molar refractivity (Wildman–Crippen MR) is 164 cm³/mol. The van der Waals surface area contributed by atoms with Crippen LogP contribution in [0.5, 0.6) is 0 Å². The van der Waals surface area contributed by atoms with Gasteiger partial charge in [0.1, 0.15) is 0 Å². The molecule has 0 radical (unpaired) electrons. The van der Waals surface area contributed by atoms with Gasteiger partial charge in [-0.25, -0.2) is 5.43 Å². The summed E-state index contributed by atoms with van der Waals surface area (Å²) in [6.45, 7) is 2.24. The van der Waals surface area contributed by atoms with Crippen molar-refractivity contribution in [1.82, 2.24) is 9.99 Å². The SMILES string of the molecule is O=C(N/N=C/c1ccc(N2CCCCC2)cc1)c1ccc(-n2c(-c3ccccc3)ccc2-c2ccccc2)cc1. The Morgan fingerprint density at radius 3 is 1.75 bits per heavy atom. The van der Waals surface area contributed by atoms with Gasteiger partial charge >= 0.3 is 0 Å². The van der Waals surface area contributed by atoms with Gasteiger partial charge in [-0.15, -0.1) is 0 Å². The molecule has 198 valence electrons. The third-order valence-electron chi connectivity index (χ3n) is 7.40. The average Bonchev–Trinajstić information content (AvgIpc) is 3.48. The number of aromatic nitrogens is 1. The Morgan fingerprint density at radius 1 is 0.625 bits per heavy atom. The van der Waals surface area contributed by atoms with E-state index in [9.17, 15) is 4.79 Å². The molecule has 0 aliphatic carbocycles. The van der Waals surface area contributed by atoms with Crippen LogP contribution in [0.25, 0.3) is 28.2 Å². The Bertz CT molecular complexity index is 1520. The quantitative estimate of drug-likeness (QED) is 0.176. The lowest BCUT2D eigenvalue weighted by atomic mass is 10.1. The van der Waals surface area contributed by atoms with Crippen molar-refractivity contribution in [2.45, 2.75) is 19.3 Å². The summed E-state index contributed by atoms with van der Waals surface area (Å²) in [4.78, 5) is 15.3. The predicted octanol–water partition coefficient (Wildman–Crippen LogP) is 7.57. The van der Waals surface area contributed by atoms with E-state index in [0.717, 1.165) is 46.9 Å². The van der Waals surface area contributed by atoms with E-state index < -0.39 is 0 Å². The van der Waals surface area contributed by atoms with Gasteiger partial charge in [-0.1, -0.05) is 72.8 Å². The minimum absolute atomic E-state index is 0.244. The average molecular weight is 525 g/mol. The van der Waals surface area contributed by atoms with Gasteiger partial charge in [0.05, 0.1) is 17.6 Å². The van der Waals surface area contributed by atoms with Crippen LogP contribution in [-0.2, 0) is 0 Å². The molecule has 1 aromatic heterocycles. The molecule has 1 aliphatic rings. The lowest BCUT2D eigenvalue weighted by Crippen LogP contribution is -2.29. The van der Waals surface area contributed by atoms with Crippen molar-refractivity contribution >= 4 is 17.8 Å². The van der Waals surface area contributed by atoms with Crippen LogP contribution in [0, 0.1) is 0 Å². The maximum absolute atomic E-state index is 12.8. The number of piperidine rings is 1. The monoisotopic (exact) mass is 524 g/mol. The summed E-state index contributed by atoms with van der Waals surface area (Å²) in [7, 11) is 0. The van der Waals surface area contributed by atoms with Crippen molar-refractivity contribution in [2.24, 2.45) is 5.10 Å². The smallest absolute Gasteiger partial charge is 0.271 e. The Labute approximate surface area is 235 Å². The number of hydrazone groups is 1. The number of carbonyl (C=O) groups excluding carboxylic acids is 1. The molecule has 0 atom stereocenters. The van der Waals surface area contributed by atoms with Gasteiger partial charge in [-0.3, -0.25) is 4.79 Å². The molecule has 0 spiro atoms. The number of anilines is 1. The first kappa shape index (κ1) is 25.4. The van der Waals surface area contributed by atoms with E-state index in [1.807, 2.05) is 72.8 Å². The molecule has 40 heavy (non-hydrogen) atoms. The van der Waals surface area contributed by atoms with Crippen LogP contribution in [0.4, 0.5) is 5.69 Å². The molecule has 2 heterocycles. The van der Waals surface area contributed by atoms with Crippen molar-refractivity contribution in [3.8, 4) is 28.2 Å². The van der Waals surface area contributed by atoms with Gasteiger partial charge in [0.25, 0.3) is 5.91 Å². The van der Waals surface area contributed by atoms with Crippen LogP contribution < -0.4 is 10.3 Å². The van der Waals surface area contributed by atoms with Crippen molar-refractivity contribution in [3.63, 3.8) is 0 Å². The van der Waals surface area contributed by atoms with Crippen LogP contribution in [0.1, 0.15) is 35.2 Å². The summed E-state index contributed by atoms with van der Waals surface area (Å²) >= 11 is 0. The zero-order valence-corrected chi connectivity index (χ0v) is 22.4. The highest BCUT2D eigenvalue weighted by Crippen LogP contribution is 2.32. The van der Waals surface area contributed by atoms with E-state index in [1.54, 1.807) is 6.21 Å². The maximum Gasteiger partial charge on any atom is 0.271 e. The van der Waals surface area contributed by atoms with Gasteiger partial charge in [-0.05, 0) is 84.5 Å². The number of carbonyl (C=O) groups is 1. The van der Waals surface area contributed by atoms with Crippen molar-refractivity contribution in [1.29, 1.82) is 0 Å². The second-order valence-corrected chi connectivity index (χ2v) is 10.1. The molecular formula is C35H32N4O. The standard InChI is InChI=1S/C35H32N4O/c40-35(37-36-26-27-14-18-31(19-15-27)38-24-8-3-9-25-38)30-16-20-32(21-17-30)39-33(28-10-4-1-5-11-28)22-23-34(39)29-12-6-2-7-13-29/h1-2,4-7,10-23,26H,3,8-9,24-25H2,(H,37,40)/b36-26+. The molecule has 0 saturated carbocycles. The molecule has 1 N–H and O–H groups in total. The molecular weight excluding hydrogens is 492 g/mol. The summed E-state index contributed by atoms with van der Waals surface area (Å²) in [6, 6.07) is 41.0. The largest absolute Gasteiger partial charge is 0.372 e. The van der Waals surface area contributed by atoms with Crippen LogP contribution in [0.2, 0.25) is 0 Å². The number of hydrogen-bond acceptors (Lipinski definition) is 3. The van der Waals surface area contributed by atoms with Gasteiger partial charge in [0, 0.05) is 30.0 Å². The normalized spacial score (nSPS) is 13.4. The molecule has 1 saturated heterocycles. The van der Waals surface area contributed by atoms with Gasteiger partial charge in [-0.2, -0.15) is 5.10 Å². The maximum atomic E-state index is 12.8. The second-order valence-electron chi connectivity index (χ2n) is 10.1. The third-order valence-corrected chi connectivity index (χ3v) is 7.40. The molecule has 1 fully saturated rings. The summed E-state index contributed by atoms with van der Waals surface area (Å²) in [5.74, 6) is -0.244.